The molecular formula is C26H52O5. The summed E-state index contributed by atoms with van der Waals surface area (Å²) in [6, 6.07) is 0. The maximum atomic E-state index is 10.3. The molecule has 0 aliphatic rings. The molecule has 0 aromatic rings. The first-order valence-electron chi connectivity index (χ1n) is 12.8. The SMILES string of the molecule is CCC(C)C(O)CCC(O)O.CCCCCCCCC=CCCCCCCCC(=O)O. The highest BCUT2D eigenvalue weighted by Crippen LogP contribution is 2.13. The van der Waals surface area contributed by atoms with Crippen LogP contribution in [-0.2, 0) is 4.79 Å². The van der Waals surface area contributed by atoms with Gasteiger partial charge < -0.3 is 20.4 Å². The van der Waals surface area contributed by atoms with Gasteiger partial charge in [0, 0.05) is 12.8 Å². The quantitative estimate of drug-likeness (QED) is 0.0964. The molecule has 2 unspecified atom stereocenters. The van der Waals surface area contributed by atoms with Crippen LogP contribution in [0.4, 0.5) is 0 Å². The third-order valence-corrected chi connectivity index (χ3v) is 5.67. The third kappa shape index (κ3) is 29.1. The van der Waals surface area contributed by atoms with Crippen LogP contribution >= 0.6 is 0 Å². The minimum Gasteiger partial charge on any atom is -0.481 e. The minimum atomic E-state index is -1.28. The van der Waals surface area contributed by atoms with Crippen molar-refractivity contribution in [1.29, 1.82) is 0 Å². The van der Waals surface area contributed by atoms with Gasteiger partial charge in [0.2, 0.25) is 0 Å². The van der Waals surface area contributed by atoms with Crippen molar-refractivity contribution in [3.8, 4) is 0 Å². The second-order valence-electron chi connectivity index (χ2n) is 8.74. The highest BCUT2D eigenvalue weighted by Gasteiger charge is 2.12. The summed E-state index contributed by atoms with van der Waals surface area (Å²) in [4.78, 5) is 10.3. The van der Waals surface area contributed by atoms with Crippen LogP contribution in [0, 0.1) is 5.92 Å². The highest BCUT2D eigenvalue weighted by molar-refractivity contribution is 5.66. The lowest BCUT2D eigenvalue weighted by Crippen LogP contribution is -2.19. The number of hydrogen-bond acceptors (Lipinski definition) is 4. The van der Waals surface area contributed by atoms with E-state index in [2.05, 4.69) is 19.1 Å². The Balaban J connectivity index is 0. The molecule has 0 radical (unpaired) electrons. The first-order chi connectivity index (χ1) is 14.8. The van der Waals surface area contributed by atoms with E-state index in [0.717, 1.165) is 19.3 Å². The Hall–Kier alpha value is -0.910. The number of unbranched alkanes of at least 4 members (excludes halogenated alkanes) is 11. The van der Waals surface area contributed by atoms with E-state index < -0.39 is 18.4 Å². The molecule has 0 heterocycles. The van der Waals surface area contributed by atoms with E-state index in [1.165, 1.54) is 70.6 Å². The van der Waals surface area contributed by atoms with Crippen molar-refractivity contribution in [1.82, 2.24) is 0 Å². The van der Waals surface area contributed by atoms with Gasteiger partial charge in [-0.15, -0.1) is 0 Å². The second-order valence-corrected chi connectivity index (χ2v) is 8.74. The number of carbonyl (C=O) groups is 1. The Morgan fingerprint density at radius 3 is 1.68 bits per heavy atom. The van der Waals surface area contributed by atoms with Gasteiger partial charge in [0.15, 0.2) is 6.29 Å². The maximum Gasteiger partial charge on any atom is 0.303 e. The van der Waals surface area contributed by atoms with Gasteiger partial charge in [-0.25, -0.2) is 0 Å². The molecule has 5 nitrogen and oxygen atoms in total. The molecule has 0 amide bonds. The fourth-order valence-corrected chi connectivity index (χ4v) is 3.22. The lowest BCUT2D eigenvalue weighted by molar-refractivity contribution is -0.137. The maximum absolute atomic E-state index is 10.3. The monoisotopic (exact) mass is 444 g/mol. The van der Waals surface area contributed by atoms with Gasteiger partial charge in [0.05, 0.1) is 6.10 Å². The Labute approximate surface area is 192 Å². The molecule has 186 valence electrons. The van der Waals surface area contributed by atoms with Crippen molar-refractivity contribution in [2.45, 2.75) is 142 Å². The number of aliphatic carboxylic acids is 1. The van der Waals surface area contributed by atoms with E-state index in [1.807, 2.05) is 13.8 Å². The van der Waals surface area contributed by atoms with E-state index in [1.54, 1.807) is 0 Å². The van der Waals surface area contributed by atoms with E-state index in [-0.39, 0.29) is 12.3 Å². The molecule has 0 aromatic carbocycles. The second kappa shape index (κ2) is 25.4. The Morgan fingerprint density at radius 2 is 1.23 bits per heavy atom. The van der Waals surface area contributed by atoms with Crippen LogP contribution < -0.4 is 0 Å². The predicted octanol–water partition coefficient (Wildman–Crippen LogP) is 6.59. The summed E-state index contributed by atoms with van der Waals surface area (Å²) >= 11 is 0. The van der Waals surface area contributed by atoms with E-state index in [9.17, 15) is 9.90 Å². The Morgan fingerprint density at radius 1 is 0.742 bits per heavy atom. The molecule has 0 bridgehead atoms. The molecular weight excluding hydrogens is 392 g/mol. The summed E-state index contributed by atoms with van der Waals surface area (Å²) in [6.07, 6.45) is 21.2. The number of hydrogen-bond donors (Lipinski definition) is 4. The molecule has 5 heteroatoms. The Bertz CT molecular complexity index is 395. The number of aliphatic hydroxyl groups excluding tert-OH is 2. The van der Waals surface area contributed by atoms with Crippen molar-refractivity contribution < 1.29 is 25.2 Å². The van der Waals surface area contributed by atoms with Gasteiger partial charge in [-0.3, -0.25) is 4.79 Å². The average molecular weight is 445 g/mol. The molecule has 0 rings (SSSR count). The fourth-order valence-electron chi connectivity index (χ4n) is 3.22. The summed E-state index contributed by atoms with van der Waals surface area (Å²) in [7, 11) is 0. The summed E-state index contributed by atoms with van der Waals surface area (Å²) in [5, 5.41) is 34.9. The molecule has 2 atom stereocenters. The van der Waals surface area contributed by atoms with Gasteiger partial charge in [-0.1, -0.05) is 90.7 Å². The van der Waals surface area contributed by atoms with Crippen LogP contribution in [0.5, 0.6) is 0 Å². The summed E-state index contributed by atoms with van der Waals surface area (Å²) in [5.74, 6) is -0.420. The largest absolute Gasteiger partial charge is 0.481 e. The lowest BCUT2D eigenvalue weighted by Gasteiger charge is -2.16. The van der Waals surface area contributed by atoms with Gasteiger partial charge in [-0.2, -0.15) is 0 Å². The van der Waals surface area contributed by atoms with E-state index in [4.69, 9.17) is 15.3 Å². The van der Waals surface area contributed by atoms with Crippen LogP contribution in [0.25, 0.3) is 0 Å². The number of allylic oxidation sites excluding steroid dienone is 2. The van der Waals surface area contributed by atoms with Gasteiger partial charge in [0.1, 0.15) is 0 Å². The molecule has 0 spiro atoms. The predicted molar refractivity (Wildman–Crippen MR) is 130 cm³/mol. The fraction of sp³-hybridized carbons (Fsp3) is 0.885. The normalized spacial score (nSPS) is 13.3. The van der Waals surface area contributed by atoms with Crippen LogP contribution in [0.15, 0.2) is 12.2 Å². The summed E-state index contributed by atoms with van der Waals surface area (Å²) < 4.78 is 0. The summed E-state index contributed by atoms with van der Waals surface area (Å²) in [5.41, 5.74) is 0. The van der Waals surface area contributed by atoms with Crippen molar-refractivity contribution in [2.24, 2.45) is 5.92 Å². The third-order valence-electron chi connectivity index (χ3n) is 5.67. The molecule has 0 aliphatic carbocycles. The zero-order valence-electron chi connectivity index (χ0n) is 20.6. The summed E-state index contributed by atoms with van der Waals surface area (Å²) in [6.45, 7) is 6.21. The van der Waals surface area contributed by atoms with Gasteiger partial charge in [0.25, 0.3) is 0 Å². The zero-order chi connectivity index (χ0) is 23.7. The first-order valence-corrected chi connectivity index (χ1v) is 12.8. The van der Waals surface area contributed by atoms with Gasteiger partial charge >= 0.3 is 5.97 Å². The van der Waals surface area contributed by atoms with Crippen molar-refractivity contribution in [3.05, 3.63) is 12.2 Å². The molecule has 4 N–H and O–H groups in total. The highest BCUT2D eigenvalue weighted by atomic mass is 16.5. The number of aliphatic hydroxyl groups is 3. The minimum absolute atomic E-state index is 0.244. The van der Waals surface area contributed by atoms with Crippen LogP contribution in [0.2, 0.25) is 0 Å². The van der Waals surface area contributed by atoms with E-state index >= 15 is 0 Å². The van der Waals surface area contributed by atoms with Crippen LogP contribution in [-0.4, -0.2) is 38.8 Å². The molecule has 0 aliphatic heterocycles. The van der Waals surface area contributed by atoms with Crippen molar-refractivity contribution in [2.75, 3.05) is 0 Å². The molecule has 31 heavy (non-hydrogen) atoms. The smallest absolute Gasteiger partial charge is 0.303 e. The first kappa shape index (κ1) is 32.3. The van der Waals surface area contributed by atoms with Crippen LogP contribution in [0.3, 0.4) is 0 Å². The number of carboxylic acid groups (broad SMARTS) is 1. The molecule has 0 saturated heterocycles. The van der Waals surface area contributed by atoms with Crippen molar-refractivity contribution in [3.63, 3.8) is 0 Å². The average Bonchev–Trinajstić information content (AvgIpc) is 2.74. The number of rotatable bonds is 20. The molecule has 0 fully saturated rings. The van der Waals surface area contributed by atoms with Crippen molar-refractivity contribution >= 4 is 5.97 Å². The molecule has 0 aromatic heterocycles. The van der Waals surface area contributed by atoms with Gasteiger partial charge in [-0.05, 0) is 44.4 Å². The molecule has 0 saturated carbocycles. The lowest BCUT2D eigenvalue weighted by atomic mass is 9.98. The number of carboxylic acids is 1. The van der Waals surface area contributed by atoms with E-state index in [0.29, 0.717) is 12.8 Å². The topological polar surface area (TPSA) is 98.0 Å². The Kier molecular flexibility index (Phi) is 26.4. The zero-order valence-corrected chi connectivity index (χ0v) is 20.6. The standard InChI is InChI=1S/C18H34O2.C8H18O3/c1-2-3-4-5-6-7-8-9-10-11-12-13-14-15-16-17-18(19)20;1-3-6(2)7(9)4-5-8(10)11/h9-10H,2-8,11-17H2,1H3,(H,19,20);6-11H,3-5H2,1-2H3. The van der Waals surface area contributed by atoms with Crippen LogP contribution in [0.1, 0.15) is 130 Å².